The molecule has 110 valence electrons. The highest BCUT2D eigenvalue weighted by Crippen LogP contribution is 2.37. The third kappa shape index (κ3) is 4.80. The molecule has 0 saturated carbocycles. The Morgan fingerprint density at radius 2 is 1.89 bits per heavy atom. The van der Waals surface area contributed by atoms with Gasteiger partial charge in [0.15, 0.2) is 0 Å². The molecule has 0 aromatic carbocycles. The van der Waals surface area contributed by atoms with Gasteiger partial charge in [0.2, 0.25) is 0 Å². The molecule has 0 radical (unpaired) electrons. The van der Waals surface area contributed by atoms with Crippen molar-refractivity contribution in [1.29, 1.82) is 0 Å². The second-order valence-electron chi connectivity index (χ2n) is 6.06. The van der Waals surface area contributed by atoms with Crippen LogP contribution in [0.2, 0.25) is 0 Å². The fourth-order valence-electron chi connectivity index (χ4n) is 1.84. The quantitative estimate of drug-likeness (QED) is 0.838. The zero-order valence-electron chi connectivity index (χ0n) is 12.8. The van der Waals surface area contributed by atoms with E-state index < -0.39 is 9.84 Å². The topological polar surface area (TPSA) is 37.4 Å². The molecular formula is C14H25NO2S2. The summed E-state index contributed by atoms with van der Waals surface area (Å²) in [6.45, 7) is 12.2. The zero-order valence-corrected chi connectivity index (χ0v) is 14.4. The fourth-order valence-corrected chi connectivity index (χ4v) is 3.71. The first-order chi connectivity index (χ1) is 8.54. The van der Waals surface area contributed by atoms with Crippen molar-refractivity contribution in [3.05, 3.63) is 16.5 Å². The monoisotopic (exact) mass is 303 g/mol. The van der Waals surface area contributed by atoms with Crippen LogP contribution in [0.25, 0.3) is 0 Å². The van der Waals surface area contributed by atoms with Crippen molar-refractivity contribution >= 4 is 26.2 Å². The molecule has 5 heteroatoms. The molecule has 0 bridgehead atoms. The third-order valence-electron chi connectivity index (χ3n) is 3.03. The lowest BCUT2D eigenvalue weighted by molar-refractivity contribution is 0.600. The van der Waals surface area contributed by atoms with Crippen LogP contribution >= 0.6 is 11.3 Å². The first-order valence-electron chi connectivity index (χ1n) is 6.58. The van der Waals surface area contributed by atoms with Gasteiger partial charge in [-0.3, -0.25) is 0 Å². The Hall–Kier alpha value is -0.550. The predicted octanol–water partition coefficient (Wildman–Crippen LogP) is 3.22. The molecule has 1 rings (SSSR count). The summed E-state index contributed by atoms with van der Waals surface area (Å²) in [5, 5.41) is 1.20. The SMILES string of the molecule is CCN(CCS(C)(=O)=O)c1sc(C(C)(C)C)cc1C. The molecule has 0 N–H and O–H groups in total. The van der Waals surface area contributed by atoms with Gasteiger partial charge >= 0.3 is 0 Å². The van der Waals surface area contributed by atoms with Crippen LogP contribution in [-0.4, -0.2) is 33.5 Å². The van der Waals surface area contributed by atoms with Crippen LogP contribution < -0.4 is 4.90 Å². The summed E-state index contributed by atoms with van der Waals surface area (Å²) in [5.41, 5.74) is 1.38. The molecule has 1 aromatic heterocycles. The van der Waals surface area contributed by atoms with Gasteiger partial charge in [0.25, 0.3) is 0 Å². The fraction of sp³-hybridized carbons (Fsp3) is 0.714. The zero-order chi connectivity index (χ0) is 14.8. The van der Waals surface area contributed by atoms with Gasteiger partial charge in [-0.1, -0.05) is 20.8 Å². The van der Waals surface area contributed by atoms with E-state index in [2.05, 4.69) is 45.6 Å². The summed E-state index contributed by atoms with van der Waals surface area (Å²) in [4.78, 5) is 3.51. The first kappa shape index (κ1) is 16.5. The minimum Gasteiger partial charge on any atom is -0.362 e. The Labute approximate surface area is 121 Å². The lowest BCUT2D eigenvalue weighted by Gasteiger charge is -2.22. The molecule has 1 aromatic rings. The lowest BCUT2D eigenvalue weighted by Crippen LogP contribution is -2.28. The predicted molar refractivity (Wildman–Crippen MR) is 85.4 cm³/mol. The molecule has 0 aliphatic heterocycles. The van der Waals surface area contributed by atoms with Crippen LogP contribution in [0.4, 0.5) is 5.00 Å². The summed E-state index contributed by atoms with van der Waals surface area (Å²) in [7, 11) is -2.91. The number of rotatable bonds is 5. The molecule has 0 aliphatic rings. The minimum atomic E-state index is -2.91. The van der Waals surface area contributed by atoms with Gasteiger partial charge in [-0.05, 0) is 30.9 Å². The van der Waals surface area contributed by atoms with Gasteiger partial charge in [-0.25, -0.2) is 8.42 Å². The van der Waals surface area contributed by atoms with Crippen LogP contribution in [0.15, 0.2) is 6.07 Å². The number of thiophene rings is 1. The molecule has 3 nitrogen and oxygen atoms in total. The van der Waals surface area contributed by atoms with E-state index in [1.165, 1.54) is 21.7 Å². The molecule has 0 amide bonds. The van der Waals surface area contributed by atoms with Crippen LogP contribution in [0.1, 0.15) is 38.1 Å². The van der Waals surface area contributed by atoms with Gasteiger partial charge in [0.1, 0.15) is 9.84 Å². The van der Waals surface area contributed by atoms with Crippen LogP contribution in [0.3, 0.4) is 0 Å². The third-order valence-corrected chi connectivity index (χ3v) is 5.68. The molecule has 19 heavy (non-hydrogen) atoms. The van der Waals surface area contributed by atoms with E-state index in [0.29, 0.717) is 6.54 Å². The molecule has 0 spiro atoms. The van der Waals surface area contributed by atoms with Crippen molar-refractivity contribution < 1.29 is 8.42 Å². The number of sulfone groups is 1. The maximum atomic E-state index is 11.3. The molecule has 0 saturated heterocycles. The minimum absolute atomic E-state index is 0.143. The normalized spacial score (nSPS) is 12.7. The van der Waals surface area contributed by atoms with E-state index in [-0.39, 0.29) is 11.2 Å². The summed E-state index contributed by atoms with van der Waals surface area (Å²) in [6.07, 6.45) is 1.29. The molecule has 1 heterocycles. The number of nitrogens with zero attached hydrogens (tertiary/aromatic N) is 1. The molecule has 0 aliphatic carbocycles. The van der Waals surface area contributed by atoms with E-state index in [1.807, 2.05) is 0 Å². The molecule has 0 atom stereocenters. The van der Waals surface area contributed by atoms with Crippen molar-refractivity contribution in [2.24, 2.45) is 0 Å². The summed E-state index contributed by atoms with van der Waals surface area (Å²) < 4.78 is 22.6. The first-order valence-corrected chi connectivity index (χ1v) is 9.46. The Balaban J connectivity index is 2.96. The van der Waals surface area contributed by atoms with E-state index in [0.717, 1.165) is 6.54 Å². The van der Waals surface area contributed by atoms with Crippen LogP contribution in [0.5, 0.6) is 0 Å². The number of hydrogen-bond acceptors (Lipinski definition) is 4. The second kappa shape index (κ2) is 5.83. The van der Waals surface area contributed by atoms with E-state index in [9.17, 15) is 8.42 Å². The van der Waals surface area contributed by atoms with Crippen molar-refractivity contribution in [1.82, 2.24) is 0 Å². The van der Waals surface area contributed by atoms with Crippen LogP contribution in [-0.2, 0) is 15.3 Å². The number of anilines is 1. The average molecular weight is 303 g/mol. The smallest absolute Gasteiger partial charge is 0.149 e. The number of aryl methyl sites for hydroxylation is 1. The molecular weight excluding hydrogens is 278 g/mol. The van der Waals surface area contributed by atoms with Gasteiger partial charge in [-0.15, -0.1) is 11.3 Å². The highest BCUT2D eigenvalue weighted by atomic mass is 32.2. The Bertz CT molecular complexity index is 524. The number of hydrogen-bond donors (Lipinski definition) is 0. The maximum absolute atomic E-state index is 11.3. The average Bonchev–Trinajstić information content (AvgIpc) is 2.60. The Morgan fingerprint density at radius 3 is 2.26 bits per heavy atom. The Morgan fingerprint density at radius 1 is 1.32 bits per heavy atom. The van der Waals surface area contributed by atoms with Gasteiger partial charge in [0.05, 0.1) is 10.8 Å². The van der Waals surface area contributed by atoms with Crippen molar-refractivity contribution in [2.45, 2.75) is 40.0 Å². The standard InChI is InChI=1S/C14H25NO2S2/c1-7-15(8-9-19(6,16)17)13-11(2)10-12(18-13)14(3,4)5/h10H,7-9H2,1-6H3. The maximum Gasteiger partial charge on any atom is 0.149 e. The van der Waals surface area contributed by atoms with E-state index >= 15 is 0 Å². The van der Waals surface area contributed by atoms with Crippen molar-refractivity contribution in [2.75, 3.05) is 30.0 Å². The highest BCUT2D eigenvalue weighted by molar-refractivity contribution is 7.90. The second-order valence-corrected chi connectivity index (χ2v) is 9.35. The molecule has 0 fully saturated rings. The van der Waals surface area contributed by atoms with Gasteiger partial charge in [0, 0.05) is 24.2 Å². The summed E-state index contributed by atoms with van der Waals surface area (Å²) in [6, 6.07) is 2.23. The van der Waals surface area contributed by atoms with Gasteiger partial charge in [-0.2, -0.15) is 0 Å². The van der Waals surface area contributed by atoms with E-state index in [1.54, 1.807) is 11.3 Å². The van der Waals surface area contributed by atoms with E-state index in [4.69, 9.17) is 0 Å². The lowest BCUT2D eigenvalue weighted by atomic mass is 9.94. The van der Waals surface area contributed by atoms with Crippen molar-refractivity contribution in [3.63, 3.8) is 0 Å². The largest absolute Gasteiger partial charge is 0.362 e. The highest BCUT2D eigenvalue weighted by Gasteiger charge is 2.20. The molecule has 0 unspecified atom stereocenters. The van der Waals surface area contributed by atoms with Crippen LogP contribution in [0, 0.1) is 6.92 Å². The summed E-state index contributed by atoms with van der Waals surface area (Å²) in [5.74, 6) is 0.211. The van der Waals surface area contributed by atoms with Crippen molar-refractivity contribution in [3.8, 4) is 0 Å². The Kier molecular flexibility index (Phi) is 5.07. The summed E-state index contributed by atoms with van der Waals surface area (Å²) >= 11 is 1.78. The van der Waals surface area contributed by atoms with Gasteiger partial charge < -0.3 is 4.90 Å².